The van der Waals surface area contributed by atoms with Crippen molar-refractivity contribution in [3.05, 3.63) is 54.9 Å². The van der Waals surface area contributed by atoms with Crippen LogP contribution in [0.25, 0.3) is 27.9 Å². The number of fused-ring (bicyclic) bond motifs is 2. The largest absolute Gasteiger partial charge is 0.491 e. The van der Waals surface area contributed by atoms with Gasteiger partial charge in [0, 0.05) is 37.8 Å². The summed E-state index contributed by atoms with van der Waals surface area (Å²) in [6.45, 7) is 2.16. The maximum atomic E-state index is 10.1. The zero-order valence-electron chi connectivity index (χ0n) is 17.2. The first kappa shape index (κ1) is 19.7. The van der Waals surface area contributed by atoms with Crippen molar-refractivity contribution in [3.8, 4) is 22.9 Å². The second-order valence-corrected chi connectivity index (χ2v) is 7.48. The summed E-state index contributed by atoms with van der Waals surface area (Å²) in [5.74, 6) is 1.40. The van der Waals surface area contributed by atoms with E-state index >= 15 is 0 Å². The van der Waals surface area contributed by atoms with Crippen LogP contribution in [0.1, 0.15) is 0 Å². The fourth-order valence-electron chi connectivity index (χ4n) is 3.77. The van der Waals surface area contributed by atoms with Gasteiger partial charge in [-0.3, -0.25) is 4.40 Å². The minimum absolute atomic E-state index is 0.289. The standard InChI is InChI=1S/C23H24N4O4/c1-29-9-10-30-16-7-8-27-18(12-25-22(27)11-16)17-6-5-15-3-2-4-20(23(15)26-17)31-21-14-24-13-19(21)28/h2-8,11-12,19,21,24,28H,9-10,13-14H2,1H3/t19-,21?/m1/s1. The van der Waals surface area contributed by atoms with Crippen LogP contribution in [-0.4, -0.2) is 65.1 Å². The molecule has 8 nitrogen and oxygen atoms in total. The van der Waals surface area contributed by atoms with Gasteiger partial charge in [-0.1, -0.05) is 18.2 Å². The fraction of sp³-hybridized carbons (Fsp3) is 0.304. The van der Waals surface area contributed by atoms with Gasteiger partial charge in [0.2, 0.25) is 0 Å². The highest BCUT2D eigenvalue weighted by molar-refractivity contribution is 5.86. The van der Waals surface area contributed by atoms with E-state index in [1.54, 1.807) is 13.3 Å². The fourth-order valence-corrected chi connectivity index (χ4v) is 3.77. The van der Waals surface area contributed by atoms with E-state index in [1.165, 1.54) is 0 Å². The van der Waals surface area contributed by atoms with Gasteiger partial charge < -0.3 is 24.6 Å². The number of pyridine rings is 2. The molecule has 0 saturated carbocycles. The summed E-state index contributed by atoms with van der Waals surface area (Å²) >= 11 is 0. The summed E-state index contributed by atoms with van der Waals surface area (Å²) in [4.78, 5) is 9.40. The number of β-amino-alcohol motifs (C(OH)–C–C–N with tert-alkyl or cyclic N) is 1. The van der Waals surface area contributed by atoms with Crippen molar-refractivity contribution in [2.75, 3.05) is 33.4 Å². The third-order valence-electron chi connectivity index (χ3n) is 5.39. The van der Waals surface area contributed by atoms with Crippen LogP contribution in [-0.2, 0) is 4.74 Å². The Balaban J connectivity index is 1.48. The lowest BCUT2D eigenvalue weighted by atomic mass is 10.1. The van der Waals surface area contributed by atoms with Crippen LogP contribution in [0.15, 0.2) is 54.9 Å². The molecule has 1 aliphatic rings. The Bertz CT molecular complexity index is 1210. The first-order valence-corrected chi connectivity index (χ1v) is 10.3. The number of methoxy groups -OCH3 is 1. The van der Waals surface area contributed by atoms with Gasteiger partial charge in [0.05, 0.1) is 24.2 Å². The van der Waals surface area contributed by atoms with Crippen molar-refractivity contribution in [1.82, 2.24) is 19.7 Å². The van der Waals surface area contributed by atoms with E-state index in [0.717, 1.165) is 33.7 Å². The summed E-state index contributed by atoms with van der Waals surface area (Å²) in [5.41, 5.74) is 3.19. The van der Waals surface area contributed by atoms with E-state index in [1.807, 2.05) is 53.1 Å². The Hall–Kier alpha value is -3.20. The van der Waals surface area contributed by atoms with Crippen LogP contribution in [0.4, 0.5) is 0 Å². The number of hydrogen-bond acceptors (Lipinski definition) is 7. The molecule has 1 unspecified atom stereocenters. The van der Waals surface area contributed by atoms with Crippen molar-refractivity contribution in [3.63, 3.8) is 0 Å². The molecular formula is C23H24N4O4. The van der Waals surface area contributed by atoms with Crippen molar-refractivity contribution in [2.45, 2.75) is 12.2 Å². The second-order valence-electron chi connectivity index (χ2n) is 7.48. The number of aliphatic hydroxyl groups excluding tert-OH is 1. The number of rotatable bonds is 7. The van der Waals surface area contributed by atoms with Crippen LogP contribution < -0.4 is 14.8 Å². The number of para-hydroxylation sites is 1. The lowest BCUT2D eigenvalue weighted by molar-refractivity contribution is 0.0747. The highest BCUT2D eigenvalue weighted by Crippen LogP contribution is 2.29. The number of aliphatic hydroxyl groups is 1. The van der Waals surface area contributed by atoms with Crippen LogP contribution in [0.2, 0.25) is 0 Å². The zero-order chi connectivity index (χ0) is 21.2. The molecule has 2 N–H and O–H groups in total. The summed E-state index contributed by atoms with van der Waals surface area (Å²) in [6.07, 6.45) is 2.91. The number of hydrogen-bond donors (Lipinski definition) is 2. The van der Waals surface area contributed by atoms with E-state index in [9.17, 15) is 5.11 Å². The summed E-state index contributed by atoms with van der Waals surface area (Å²) in [7, 11) is 1.65. The molecule has 8 heteroatoms. The van der Waals surface area contributed by atoms with Gasteiger partial charge in [0.1, 0.15) is 41.5 Å². The average Bonchev–Trinajstić information content (AvgIpc) is 3.40. The van der Waals surface area contributed by atoms with Crippen LogP contribution >= 0.6 is 0 Å². The number of nitrogens with one attached hydrogen (secondary N) is 1. The van der Waals surface area contributed by atoms with Crippen molar-refractivity contribution in [1.29, 1.82) is 0 Å². The molecule has 0 radical (unpaired) electrons. The van der Waals surface area contributed by atoms with E-state index in [2.05, 4.69) is 10.3 Å². The van der Waals surface area contributed by atoms with Gasteiger partial charge in [0.25, 0.3) is 0 Å². The first-order chi connectivity index (χ1) is 15.2. The molecule has 3 aromatic heterocycles. The molecule has 1 fully saturated rings. The topological polar surface area (TPSA) is 90.1 Å². The number of benzene rings is 1. The molecule has 0 bridgehead atoms. The molecule has 0 spiro atoms. The van der Waals surface area contributed by atoms with Gasteiger partial charge in [-0.2, -0.15) is 0 Å². The Morgan fingerprint density at radius 3 is 2.94 bits per heavy atom. The number of ether oxygens (including phenoxy) is 3. The van der Waals surface area contributed by atoms with Gasteiger partial charge >= 0.3 is 0 Å². The molecule has 5 rings (SSSR count). The average molecular weight is 420 g/mol. The molecule has 1 aliphatic heterocycles. The minimum Gasteiger partial charge on any atom is -0.491 e. The molecule has 4 aromatic rings. The van der Waals surface area contributed by atoms with Gasteiger partial charge in [-0.05, 0) is 18.2 Å². The molecule has 0 amide bonds. The van der Waals surface area contributed by atoms with E-state index in [4.69, 9.17) is 19.2 Å². The SMILES string of the molecule is COCCOc1ccn2c(-c3ccc4cccc(OC5CNC[C@H]5O)c4n3)cnc2c1. The van der Waals surface area contributed by atoms with E-state index < -0.39 is 6.10 Å². The molecular weight excluding hydrogens is 396 g/mol. The quantitative estimate of drug-likeness (QED) is 0.443. The maximum Gasteiger partial charge on any atom is 0.146 e. The summed E-state index contributed by atoms with van der Waals surface area (Å²) in [6, 6.07) is 13.6. The third kappa shape index (κ3) is 3.93. The summed E-state index contributed by atoms with van der Waals surface area (Å²) < 4.78 is 18.8. The third-order valence-corrected chi connectivity index (χ3v) is 5.39. The van der Waals surface area contributed by atoms with Gasteiger partial charge in [-0.25, -0.2) is 9.97 Å². The molecule has 1 saturated heterocycles. The Labute approximate surface area is 179 Å². The van der Waals surface area contributed by atoms with Crippen LogP contribution in [0.3, 0.4) is 0 Å². The highest BCUT2D eigenvalue weighted by Gasteiger charge is 2.27. The maximum absolute atomic E-state index is 10.1. The number of aromatic nitrogens is 3. The highest BCUT2D eigenvalue weighted by atomic mass is 16.5. The monoisotopic (exact) mass is 420 g/mol. The lowest BCUT2D eigenvalue weighted by Gasteiger charge is -2.17. The van der Waals surface area contributed by atoms with E-state index in [0.29, 0.717) is 32.1 Å². The van der Waals surface area contributed by atoms with Crippen LogP contribution in [0.5, 0.6) is 11.5 Å². The normalized spacial score (nSPS) is 18.6. The predicted molar refractivity (Wildman–Crippen MR) is 117 cm³/mol. The molecule has 4 heterocycles. The van der Waals surface area contributed by atoms with Crippen molar-refractivity contribution in [2.24, 2.45) is 0 Å². The molecule has 1 aromatic carbocycles. The molecule has 160 valence electrons. The minimum atomic E-state index is -0.530. The smallest absolute Gasteiger partial charge is 0.146 e. The Morgan fingerprint density at radius 1 is 1.16 bits per heavy atom. The van der Waals surface area contributed by atoms with Crippen molar-refractivity contribution < 1.29 is 19.3 Å². The molecule has 31 heavy (non-hydrogen) atoms. The lowest BCUT2D eigenvalue weighted by Crippen LogP contribution is -2.29. The second kappa shape index (κ2) is 8.50. The number of nitrogens with zero attached hydrogens (tertiary/aromatic N) is 3. The summed E-state index contributed by atoms with van der Waals surface area (Å²) in [5, 5.41) is 14.2. The van der Waals surface area contributed by atoms with Gasteiger partial charge in [-0.15, -0.1) is 0 Å². The Morgan fingerprint density at radius 2 is 2.10 bits per heavy atom. The van der Waals surface area contributed by atoms with Crippen molar-refractivity contribution >= 4 is 16.6 Å². The predicted octanol–water partition coefficient (Wildman–Crippen LogP) is 2.29. The molecule has 2 atom stereocenters. The van der Waals surface area contributed by atoms with Gasteiger partial charge in [0.15, 0.2) is 0 Å². The first-order valence-electron chi connectivity index (χ1n) is 10.3. The number of imidazole rings is 1. The van der Waals surface area contributed by atoms with E-state index in [-0.39, 0.29) is 6.10 Å². The molecule has 0 aliphatic carbocycles. The Kier molecular flexibility index (Phi) is 5.42. The zero-order valence-corrected chi connectivity index (χ0v) is 17.2. The van der Waals surface area contributed by atoms with Crippen LogP contribution in [0, 0.1) is 0 Å².